The topological polar surface area (TPSA) is 51.9 Å². The Bertz CT molecular complexity index is 609. The van der Waals surface area contributed by atoms with E-state index in [4.69, 9.17) is 0 Å². The lowest BCUT2D eigenvalue weighted by Gasteiger charge is -2.08. The Morgan fingerprint density at radius 2 is 2.15 bits per heavy atom. The predicted molar refractivity (Wildman–Crippen MR) is 80.0 cm³/mol. The maximum Gasteiger partial charge on any atom is 0.258 e. The number of nitrogens with one attached hydrogen (secondary N) is 1. The molecular weight excluding hydrogens is 252 g/mol. The standard InChI is InChI=1S/C15H22N4O/c1-5-6-8-19-14(10-11(2)17-19)16-15(20)13-7-9-18(4)12(13)3/h7,9-10H,5-6,8H2,1-4H3,(H,16,20). The van der Waals surface area contributed by atoms with E-state index in [0.717, 1.165) is 36.6 Å². The van der Waals surface area contributed by atoms with Crippen molar-refractivity contribution in [2.24, 2.45) is 7.05 Å². The first-order valence-electron chi connectivity index (χ1n) is 7.00. The maximum atomic E-state index is 12.3. The number of nitrogens with zero attached hydrogens (tertiary/aromatic N) is 3. The van der Waals surface area contributed by atoms with Gasteiger partial charge in [0.15, 0.2) is 0 Å². The first-order valence-corrected chi connectivity index (χ1v) is 7.00. The van der Waals surface area contributed by atoms with Gasteiger partial charge in [0.1, 0.15) is 5.82 Å². The largest absolute Gasteiger partial charge is 0.354 e. The summed E-state index contributed by atoms with van der Waals surface area (Å²) in [6.45, 7) is 6.84. The lowest BCUT2D eigenvalue weighted by atomic mass is 10.2. The molecule has 1 amide bonds. The number of anilines is 1. The highest BCUT2D eigenvalue weighted by molar-refractivity contribution is 6.04. The van der Waals surface area contributed by atoms with Gasteiger partial charge in [0, 0.05) is 31.5 Å². The van der Waals surface area contributed by atoms with Gasteiger partial charge in [-0.3, -0.25) is 4.79 Å². The average Bonchev–Trinajstić information content (AvgIpc) is 2.91. The monoisotopic (exact) mass is 274 g/mol. The van der Waals surface area contributed by atoms with Crippen LogP contribution in [0.1, 0.15) is 41.5 Å². The minimum absolute atomic E-state index is 0.0826. The zero-order valence-corrected chi connectivity index (χ0v) is 12.6. The Morgan fingerprint density at radius 3 is 2.75 bits per heavy atom. The van der Waals surface area contributed by atoms with Gasteiger partial charge in [0.05, 0.1) is 11.3 Å². The summed E-state index contributed by atoms with van der Waals surface area (Å²) in [6.07, 6.45) is 4.04. The van der Waals surface area contributed by atoms with Crippen molar-refractivity contribution >= 4 is 11.7 Å². The molecule has 0 aliphatic carbocycles. The molecule has 2 heterocycles. The molecule has 5 heteroatoms. The fourth-order valence-corrected chi connectivity index (χ4v) is 2.16. The summed E-state index contributed by atoms with van der Waals surface area (Å²) < 4.78 is 3.81. The van der Waals surface area contributed by atoms with Crippen LogP contribution in [0.5, 0.6) is 0 Å². The maximum absolute atomic E-state index is 12.3. The van der Waals surface area contributed by atoms with Crippen molar-refractivity contribution in [2.45, 2.75) is 40.2 Å². The number of hydrogen-bond acceptors (Lipinski definition) is 2. The second kappa shape index (κ2) is 5.94. The zero-order valence-electron chi connectivity index (χ0n) is 12.6. The van der Waals surface area contributed by atoms with Gasteiger partial charge in [0.2, 0.25) is 0 Å². The van der Waals surface area contributed by atoms with Crippen LogP contribution in [0.3, 0.4) is 0 Å². The van der Waals surface area contributed by atoms with Crippen LogP contribution in [-0.4, -0.2) is 20.3 Å². The molecule has 108 valence electrons. The van der Waals surface area contributed by atoms with Gasteiger partial charge in [-0.15, -0.1) is 0 Å². The van der Waals surface area contributed by atoms with E-state index in [1.165, 1.54) is 0 Å². The van der Waals surface area contributed by atoms with Crippen LogP contribution < -0.4 is 5.32 Å². The molecule has 0 atom stereocenters. The highest BCUT2D eigenvalue weighted by Crippen LogP contribution is 2.15. The molecule has 5 nitrogen and oxygen atoms in total. The highest BCUT2D eigenvalue weighted by Gasteiger charge is 2.14. The molecule has 0 fully saturated rings. The first kappa shape index (κ1) is 14.4. The van der Waals surface area contributed by atoms with Gasteiger partial charge in [-0.2, -0.15) is 5.10 Å². The number of aromatic nitrogens is 3. The summed E-state index contributed by atoms with van der Waals surface area (Å²) in [5, 5.41) is 7.38. The number of aryl methyl sites for hydroxylation is 3. The molecule has 0 aliphatic heterocycles. The van der Waals surface area contributed by atoms with E-state index in [2.05, 4.69) is 17.3 Å². The molecule has 0 spiro atoms. The molecule has 0 saturated heterocycles. The van der Waals surface area contributed by atoms with Crippen molar-refractivity contribution < 1.29 is 4.79 Å². The third kappa shape index (κ3) is 2.92. The number of rotatable bonds is 5. The van der Waals surface area contributed by atoms with Gasteiger partial charge in [-0.1, -0.05) is 13.3 Å². The molecule has 0 radical (unpaired) electrons. The number of amides is 1. The number of carbonyl (C=O) groups is 1. The normalized spacial score (nSPS) is 10.8. The lowest BCUT2D eigenvalue weighted by Crippen LogP contribution is -2.16. The Kier molecular flexibility index (Phi) is 4.27. The minimum atomic E-state index is -0.0826. The number of unbranched alkanes of at least 4 members (excludes halogenated alkanes) is 1. The van der Waals surface area contributed by atoms with Crippen LogP contribution in [0.15, 0.2) is 18.3 Å². The molecule has 20 heavy (non-hydrogen) atoms. The minimum Gasteiger partial charge on any atom is -0.354 e. The van der Waals surface area contributed by atoms with E-state index < -0.39 is 0 Å². The van der Waals surface area contributed by atoms with Crippen LogP contribution in [-0.2, 0) is 13.6 Å². The van der Waals surface area contributed by atoms with Crippen LogP contribution >= 0.6 is 0 Å². The second-order valence-corrected chi connectivity index (χ2v) is 5.13. The van der Waals surface area contributed by atoms with Crippen LogP contribution in [0.25, 0.3) is 0 Å². The Morgan fingerprint density at radius 1 is 1.40 bits per heavy atom. The van der Waals surface area contributed by atoms with Crippen molar-refractivity contribution in [3.63, 3.8) is 0 Å². The van der Waals surface area contributed by atoms with E-state index in [1.54, 1.807) is 0 Å². The Balaban J connectivity index is 2.17. The van der Waals surface area contributed by atoms with E-state index >= 15 is 0 Å². The van der Waals surface area contributed by atoms with Crippen molar-refractivity contribution in [1.29, 1.82) is 0 Å². The molecule has 0 aliphatic rings. The smallest absolute Gasteiger partial charge is 0.258 e. The van der Waals surface area contributed by atoms with E-state index in [1.807, 2.05) is 48.5 Å². The number of hydrogen-bond donors (Lipinski definition) is 1. The molecule has 0 aromatic carbocycles. The van der Waals surface area contributed by atoms with Gasteiger partial charge >= 0.3 is 0 Å². The highest BCUT2D eigenvalue weighted by atomic mass is 16.1. The molecule has 0 saturated carbocycles. The molecule has 1 N–H and O–H groups in total. The summed E-state index contributed by atoms with van der Waals surface area (Å²) in [4.78, 5) is 12.3. The van der Waals surface area contributed by atoms with Gasteiger partial charge < -0.3 is 9.88 Å². The summed E-state index contributed by atoms with van der Waals surface area (Å²) >= 11 is 0. The molecule has 2 rings (SSSR count). The molecule has 0 unspecified atom stereocenters. The Hall–Kier alpha value is -2.04. The van der Waals surface area contributed by atoms with Crippen molar-refractivity contribution in [2.75, 3.05) is 5.32 Å². The fourth-order valence-electron chi connectivity index (χ4n) is 2.16. The van der Waals surface area contributed by atoms with Crippen LogP contribution in [0.2, 0.25) is 0 Å². The third-order valence-corrected chi connectivity index (χ3v) is 3.50. The van der Waals surface area contributed by atoms with Gasteiger partial charge in [0.25, 0.3) is 5.91 Å². The van der Waals surface area contributed by atoms with E-state index in [-0.39, 0.29) is 5.91 Å². The number of carbonyl (C=O) groups excluding carboxylic acids is 1. The molecule has 2 aromatic rings. The van der Waals surface area contributed by atoms with Crippen molar-refractivity contribution in [1.82, 2.24) is 14.3 Å². The predicted octanol–water partition coefficient (Wildman–Crippen LogP) is 2.89. The van der Waals surface area contributed by atoms with Crippen molar-refractivity contribution in [3.05, 3.63) is 35.3 Å². The lowest BCUT2D eigenvalue weighted by molar-refractivity contribution is 0.102. The quantitative estimate of drug-likeness (QED) is 0.911. The summed E-state index contributed by atoms with van der Waals surface area (Å²) in [5.41, 5.74) is 2.58. The SMILES string of the molecule is CCCCn1nc(C)cc1NC(=O)c1ccn(C)c1C. The van der Waals surface area contributed by atoms with Crippen molar-refractivity contribution in [3.8, 4) is 0 Å². The zero-order chi connectivity index (χ0) is 14.7. The van der Waals surface area contributed by atoms with Gasteiger partial charge in [-0.05, 0) is 26.3 Å². The van der Waals surface area contributed by atoms with E-state index in [0.29, 0.717) is 5.56 Å². The molecular formula is C15H22N4O. The van der Waals surface area contributed by atoms with Gasteiger partial charge in [-0.25, -0.2) is 4.68 Å². The first-order chi connectivity index (χ1) is 9.52. The summed E-state index contributed by atoms with van der Waals surface area (Å²) in [5.74, 6) is 0.685. The second-order valence-electron chi connectivity index (χ2n) is 5.13. The Labute approximate surface area is 119 Å². The summed E-state index contributed by atoms with van der Waals surface area (Å²) in [7, 11) is 1.93. The molecule has 2 aromatic heterocycles. The van der Waals surface area contributed by atoms with E-state index in [9.17, 15) is 4.79 Å². The fraction of sp³-hybridized carbons (Fsp3) is 0.467. The summed E-state index contributed by atoms with van der Waals surface area (Å²) in [6, 6.07) is 3.75. The van der Waals surface area contributed by atoms with Crippen LogP contribution in [0, 0.1) is 13.8 Å². The molecule has 0 bridgehead atoms. The average molecular weight is 274 g/mol. The third-order valence-electron chi connectivity index (χ3n) is 3.50. The van der Waals surface area contributed by atoms with Crippen LogP contribution in [0.4, 0.5) is 5.82 Å².